The van der Waals surface area contributed by atoms with Crippen molar-refractivity contribution in [1.29, 1.82) is 0 Å². The standard InChI is InChI=1S/C10H13NOS/c1-5-10-11-6-9(13-10)8(4)12-7(2)3/h6H,2,4-5H2,1,3H3. The average molecular weight is 195 g/mol. The number of thiazole rings is 1. The molecular weight excluding hydrogens is 182 g/mol. The zero-order valence-electron chi connectivity index (χ0n) is 7.96. The number of aromatic nitrogens is 1. The van der Waals surface area contributed by atoms with E-state index in [0.717, 1.165) is 16.3 Å². The Bertz CT molecular complexity index is 327. The smallest absolute Gasteiger partial charge is 0.138 e. The van der Waals surface area contributed by atoms with Crippen molar-refractivity contribution in [2.75, 3.05) is 0 Å². The Balaban J connectivity index is 2.71. The lowest BCUT2D eigenvalue weighted by atomic mass is 10.5. The minimum absolute atomic E-state index is 0.629. The van der Waals surface area contributed by atoms with Crippen molar-refractivity contribution in [3.8, 4) is 0 Å². The molecule has 0 atom stereocenters. The highest BCUT2D eigenvalue weighted by Crippen LogP contribution is 2.23. The molecule has 0 spiro atoms. The van der Waals surface area contributed by atoms with Gasteiger partial charge in [0.2, 0.25) is 0 Å². The molecular formula is C10H13NOS. The van der Waals surface area contributed by atoms with Gasteiger partial charge in [-0.25, -0.2) is 4.98 Å². The first-order valence-electron chi connectivity index (χ1n) is 4.10. The van der Waals surface area contributed by atoms with Gasteiger partial charge in [0.1, 0.15) is 5.76 Å². The normalized spacial score (nSPS) is 9.69. The van der Waals surface area contributed by atoms with Gasteiger partial charge in [0, 0.05) is 6.20 Å². The van der Waals surface area contributed by atoms with Gasteiger partial charge in [0.05, 0.1) is 15.6 Å². The second-order valence-corrected chi connectivity index (χ2v) is 3.81. The highest BCUT2D eigenvalue weighted by molar-refractivity contribution is 7.12. The van der Waals surface area contributed by atoms with Crippen LogP contribution >= 0.6 is 11.3 Å². The molecule has 13 heavy (non-hydrogen) atoms. The van der Waals surface area contributed by atoms with Gasteiger partial charge in [-0.2, -0.15) is 0 Å². The van der Waals surface area contributed by atoms with Crippen LogP contribution in [0.5, 0.6) is 0 Å². The molecule has 0 aliphatic rings. The fraction of sp³-hybridized carbons (Fsp3) is 0.300. The van der Waals surface area contributed by atoms with Crippen LogP contribution in [-0.4, -0.2) is 4.98 Å². The molecule has 2 nitrogen and oxygen atoms in total. The maximum Gasteiger partial charge on any atom is 0.138 e. The van der Waals surface area contributed by atoms with Crippen LogP contribution < -0.4 is 0 Å². The average Bonchev–Trinajstić information content (AvgIpc) is 2.50. The SMILES string of the molecule is C=C(C)OC(=C)c1cnc(CC)s1. The molecule has 0 saturated heterocycles. The van der Waals surface area contributed by atoms with Gasteiger partial charge in [-0.15, -0.1) is 11.3 Å². The van der Waals surface area contributed by atoms with Gasteiger partial charge < -0.3 is 4.74 Å². The first kappa shape index (κ1) is 9.99. The van der Waals surface area contributed by atoms with Crippen LogP contribution in [0.2, 0.25) is 0 Å². The quantitative estimate of drug-likeness (QED) is 0.688. The fourth-order valence-corrected chi connectivity index (χ4v) is 1.63. The number of hydrogen-bond acceptors (Lipinski definition) is 3. The van der Waals surface area contributed by atoms with Gasteiger partial charge in [-0.05, 0) is 13.3 Å². The number of rotatable bonds is 4. The van der Waals surface area contributed by atoms with Crippen LogP contribution in [0.1, 0.15) is 23.7 Å². The molecule has 1 aromatic rings. The van der Waals surface area contributed by atoms with E-state index < -0.39 is 0 Å². The van der Waals surface area contributed by atoms with Gasteiger partial charge in [-0.3, -0.25) is 0 Å². The summed E-state index contributed by atoms with van der Waals surface area (Å²) in [4.78, 5) is 5.18. The number of allylic oxidation sites excluding steroid dienone is 1. The van der Waals surface area contributed by atoms with Crippen LogP contribution in [0.25, 0.3) is 5.76 Å². The minimum atomic E-state index is 0.629. The number of aryl methyl sites for hydroxylation is 1. The molecule has 3 heteroatoms. The first-order chi connectivity index (χ1) is 6.13. The molecule has 1 heterocycles. The molecule has 1 aromatic heterocycles. The predicted octanol–water partition coefficient (Wildman–Crippen LogP) is 3.23. The monoisotopic (exact) mass is 195 g/mol. The van der Waals surface area contributed by atoms with E-state index in [0.29, 0.717) is 11.5 Å². The number of ether oxygens (including phenoxy) is 1. The number of hydrogen-bond donors (Lipinski definition) is 0. The molecule has 70 valence electrons. The molecule has 0 bridgehead atoms. The third kappa shape index (κ3) is 2.70. The Labute approximate surface area is 82.6 Å². The van der Waals surface area contributed by atoms with Gasteiger partial charge in [0.15, 0.2) is 0 Å². The highest BCUT2D eigenvalue weighted by atomic mass is 32.1. The first-order valence-corrected chi connectivity index (χ1v) is 4.92. The Kier molecular flexibility index (Phi) is 3.25. The summed E-state index contributed by atoms with van der Waals surface area (Å²) in [7, 11) is 0. The van der Waals surface area contributed by atoms with Crippen molar-refractivity contribution in [3.05, 3.63) is 35.0 Å². The van der Waals surface area contributed by atoms with Gasteiger partial charge >= 0.3 is 0 Å². The van der Waals surface area contributed by atoms with Crippen LogP contribution in [0.3, 0.4) is 0 Å². The summed E-state index contributed by atoms with van der Waals surface area (Å²) in [5.74, 6) is 1.28. The van der Waals surface area contributed by atoms with E-state index in [-0.39, 0.29) is 0 Å². The zero-order chi connectivity index (χ0) is 9.84. The second kappa shape index (κ2) is 4.23. The summed E-state index contributed by atoms with van der Waals surface area (Å²) < 4.78 is 5.28. The maximum atomic E-state index is 5.28. The van der Waals surface area contributed by atoms with E-state index >= 15 is 0 Å². The van der Waals surface area contributed by atoms with Crippen molar-refractivity contribution in [3.63, 3.8) is 0 Å². The lowest BCUT2D eigenvalue weighted by Crippen LogP contribution is -1.83. The summed E-state index contributed by atoms with van der Waals surface area (Å²) in [6.45, 7) is 11.3. The Morgan fingerprint density at radius 2 is 2.31 bits per heavy atom. The third-order valence-corrected chi connectivity index (χ3v) is 2.61. The fourth-order valence-electron chi connectivity index (χ4n) is 0.863. The molecule has 0 aliphatic carbocycles. The van der Waals surface area contributed by atoms with Crippen molar-refractivity contribution in [1.82, 2.24) is 4.98 Å². The predicted molar refractivity (Wildman–Crippen MR) is 56.4 cm³/mol. The summed E-state index contributed by atoms with van der Waals surface area (Å²) in [5.41, 5.74) is 0. The topological polar surface area (TPSA) is 22.1 Å². The van der Waals surface area contributed by atoms with Crippen molar-refractivity contribution in [2.24, 2.45) is 0 Å². The van der Waals surface area contributed by atoms with Crippen LogP contribution in [0, 0.1) is 0 Å². The summed E-state index contributed by atoms with van der Waals surface area (Å²) >= 11 is 1.61. The largest absolute Gasteiger partial charge is 0.462 e. The van der Waals surface area contributed by atoms with E-state index in [1.165, 1.54) is 0 Å². The Hall–Kier alpha value is -1.09. The minimum Gasteiger partial charge on any atom is -0.462 e. The van der Waals surface area contributed by atoms with E-state index in [1.807, 2.05) is 0 Å². The lowest BCUT2D eigenvalue weighted by molar-refractivity contribution is 0.390. The van der Waals surface area contributed by atoms with Crippen LogP contribution in [0.4, 0.5) is 0 Å². The van der Waals surface area contributed by atoms with E-state index in [1.54, 1.807) is 24.5 Å². The Morgan fingerprint density at radius 1 is 1.62 bits per heavy atom. The molecule has 0 radical (unpaired) electrons. The third-order valence-electron chi connectivity index (χ3n) is 1.43. The zero-order valence-corrected chi connectivity index (χ0v) is 8.78. The van der Waals surface area contributed by atoms with E-state index in [9.17, 15) is 0 Å². The van der Waals surface area contributed by atoms with Crippen LogP contribution in [-0.2, 0) is 11.2 Å². The van der Waals surface area contributed by atoms with E-state index in [4.69, 9.17) is 4.74 Å². The van der Waals surface area contributed by atoms with Crippen molar-refractivity contribution >= 4 is 17.1 Å². The molecule has 0 amide bonds. The molecule has 0 N–H and O–H groups in total. The Morgan fingerprint density at radius 3 is 2.77 bits per heavy atom. The lowest BCUT2D eigenvalue weighted by Gasteiger charge is -2.03. The summed E-state index contributed by atoms with van der Waals surface area (Å²) in [6.07, 6.45) is 2.74. The molecule has 0 unspecified atom stereocenters. The maximum absolute atomic E-state index is 5.28. The van der Waals surface area contributed by atoms with Gasteiger partial charge in [0.25, 0.3) is 0 Å². The summed E-state index contributed by atoms with van der Waals surface area (Å²) in [5, 5.41) is 1.10. The molecule has 0 fully saturated rings. The summed E-state index contributed by atoms with van der Waals surface area (Å²) in [6, 6.07) is 0. The molecule has 0 saturated carbocycles. The molecule has 0 aromatic carbocycles. The van der Waals surface area contributed by atoms with Crippen molar-refractivity contribution < 1.29 is 4.74 Å². The molecule has 1 rings (SSSR count). The number of nitrogens with zero attached hydrogens (tertiary/aromatic N) is 1. The van der Waals surface area contributed by atoms with E-state index in [2.05, 4.69) is 25.1 Å². The second-order valence-electron chi connectivity index (χ2n) is 2.70. The van der Waals surface area contributed by atoms with Crippen LogP contribution in [0.15, 0.2) is 25.1 Å². The van der Waals surface area contributed by atoms with Gasteiger partial charge in [-0.1, -0.05) is 20.1 Å². The molecule has 0 aliphatic heterocycles. The highest BCUT2D eigenvalue weighted by Gasteiger charge is 2.05. The van der Waals surface area contributed by atoms with Crippen molar-refractivity contribution in [2.45, 2.75) is 20.3 Å².